The van der Waals surface area contributed by atoms with Crippen molar-refractivity contribution >= 4 is 22.8 Å². The molecule has 4 heteroatoms. The third-order valence-electron chi connectivity index (χ3n) is 1.55. The number of aldehydes is 1. The van der Waals surface area contributed by atoms with Crippen molar-refractivity contribution < 1.29 is 4.79 Å². The molecule has 12 heavy (non-hydrogen) atoms. The highest BCUT2D eigenvalue weighted by atomic mass is 32.1. The average Bonchev–Trinajstić information content (AvgIpc) is 2.51. The van der Waals surface area contributed by atoms with Crippen molar-refractivity contribution in [2.45, 2.75) is 12.8 Å². The Morgan fingerprint density at radius 2 is 2.33 bits per heavy atom. The van der Waals surface area contributed by atoms with E-state index in [1.54, 1.807) is 17.5 Å². The summed E-state index contributed by atoms with van der Waals surface area (Å²) in [7, 11) is 3.88. The summed E-state index contributed by atoms with van der Waals surface area (Å²) in [5.41, 5.74) is 0. The molecule has 0 aliphatic heterocycles. The molecule has 1 heterocycles. The molecule has 0 aliphatic rings. The number of anilines is 1. The van der Waals surface area contributed by atoms with Crippen molar-refractivity contribution in [3.05, 3.63) is 11.1 Å². The van der Waals surface area contributed by atoms with Crippen LogP contribution in [0, 0.1) is 0 Å². The summed E-state index contributed by atoms with van der Waals surface area (Å²) >= 11 is 1.56. The minimum atomic E-state index is -0.0313. The van der Waals surface area contributed by atoms with E-state index in [9.17, 15) is 4.79 Å². The highest BCUT2D eigenvalue weighted by Crippen LogP contribution is 2.25. The highest BCUT2D eigenvalue weighted by Gasteiger charge is 2.09. The SMILES string of the molecule is CC(C=O)c1cnc(N(C)C)s1. The number of thiazole rings is 1. The lowest BCUT2D eigenvalue weighted by Crippen LogP contribution is -2.07. The Kier molecular flexibility index (Phi) is 2.81. The summed E-state index contributed by atoms with van der Waals surface area (Å²) in [6.07, 6.45) is 2.70. The van der Waals surface area contributed by atoms with Gasteiger partial charge in [-0.2, -0.15) is 0 Å². The van der Waals surface area contributed by atoms with Gasteiger partial charge < -0.3 is 9.69 Å². The highest BCUT2D eigenvalue weighted by molar-refractivity contribution is 7.15. The third-order valence-corrected chi connectivity index (χ3v) is 2.91. The third kappa shape index (κ3) is 1.82. The standard InChI is InChI=1S/C8H12N2OS/c1-6(5-11)7-4-9-8(12-7)10(2)3/h4-6H,1-3H3. The van der Waals surface area contributed by atoms with E-state index >= 15 is 0 Å². The summed E-state index contributed by atoms with van der Waals surface area (Å²) in [5, 5.41) is 0.943. The van der Waals surface area contributed by atoms with Gasteiger partial charge in [0.15, 0.2) is 5.13 Å². The number of rotatable bonds is 3. The van der Waals surface area contributed by atoms with Crippen molar-refractivity contribution in [2.75, 3.05) is 19.0 Å². The number of aromatic nitrogens is 1. The van der Waals surface area contributed by atoms with E-state index in [-0.39, 0.29) is 5.92 Å². The van der Waals surface area contributed by atoms with Crippen molar-refractivity contribution in [3.8, 4) is 0 Å². The molecule has 0 N–H and O–H groups in total. The molecule has 0 aliphatic carbocycles. The molecule has 1 unspecified atom stereocenters. The zero-order chi connectivity index (χ0) is 9.14. The monoisotopic (exact) mass is 184 g/mol. The van der Waals surface area contributed by atoms with E-state index in [0.29, 0.717) is 0 Å². The van der Waals surface area contributed by atoms with Gasteiger partial charge in [-0.25, -0.2) is 4.98 Å². The summed E-state index contributed by atoms with van der Waals surface area (Å²) in [5.74, 6) is -0.0313. The fraction of sp³-hybridized carbons (Fsp3) is 0.500. The first-order valence-electron chi connectivity index (χ1n) is 3.73. The molecule has 0 aromatic carbocycles. The summed E-state index contributed by atoms with van der Waals surface area (Å²) < 4.78 is 0. The van der Waals surface area contributed by atoms with Gasteiger partial charge in [0.05, 0.1) is 0 Å². The lowest BCUT2D eigenvalue weighted by atomic mass is 10.2. The number of nitrogens with zero attached hydrogens (tertiary/aromatic N) is 2. The lowest BCUT2D eigenvalue weighted by molar-refractivity contribution is -0.108. The van der Waals surface area contributed by atoms with Gasteiger partial charge in [0.2, 0.25) is 0 Å². The molecule has 66 valence electrons. The van der Waals surface area contributed by atoms with Crippen LogP contribution in [0.25, 0.3) is 0 Å². The fourth-order valence-corrected chi connectivity index (χ4v) is 1.61. The van der Waals surface area contributed by atoms with Crippen LogP contribution in [-0.2, 0) is 4.79 Å². The van der Waals surface area contributed by atoms with Gasteiger partial charge in [-0.05, 0) is 0 Å². The van der Waals surface area contributed by atoms with Crippen LogP contribution in [-0.4, -0.2) is 25.4 Å². The van der Waals surface area contributed by atoms with E-state index in [0.717, 1.165) is 16.3 Å². The van der Waals surface area contributed by atoms with Crippen LogP contribution < -0.4 is 4.90 Å². The van der Waals surface area contributed by atoms with E-state index in [2.05, 4.69) is 4.98 Å². The Labute approximate surface area is 76.0 Å². The maximum absolute atomic E-state index is 10.4. The van der Waals surface area contributed by atoms with Gasteiger partial charge in [0.25, 0.3) is 0 Å². The normalized spacial score (nSPS) is 12.6. The van der Waals surface area contributed by atoms with Gasteiger partial charge in [0.1, 0.15) is 6.29 Å². The number of hydrogen-bond donors (Lipinski definition) is 0. The van der Waals surface area contributed by atoms with Crippen LogP contribution in [0.4, 0.5) is 5.13 Å². The maximum atomic E-state index is 10.4. The first-order chi connectivity index (χ1) is 5.65. The Bertz CT molecular complexity index is 270. The first-order valence-corrected chi connectivity index (χ1v) is 4.55. The van der Waals surface area contributed by atoms with Gasteiger partial charge in [0, 0.05) is 31.1 Å². The first kappa shape index (κ1) is 9.19. The van der Waals surface area contributed by atoms with Crippen molar-refractivity contribution in [1.82, 2.24) is 4.98 Å². The molecular weight excluding hydrogens is 172 g/mol. The van der Waals surface area contributed by atoms with Crippen molar-refractivity contribution in [2.24, 2.45) is 0 Å². The predicted molar refractivity (Wildman–Crippen MR) is 50.9 cm³/mol. The minimum absolute atomic E-state index is 0.0313. The Balaban J connectivity index is 2.83. The molecule has 0 bridgehead atoms. The molecule has 3 nitrogen and oxygen atoms in total. The molecule has 1 aromatic heterocycles. The molecular formula is C8H12N2OS. The van der Waals surface area contributed by atoms with Crippen molar-refractivity contribution in [1.29, 1.82) is 0 Å². The van der Waals surface area contributed by atoms with Crippen LogP contribution >= 0.6 is 11.3 Å². The largest absolute Gasteiger partial charge is 0.354 e. The summed E-state index contributed by atoms with van der Waals surface area (Å²) in [4.78, 5) is 17.6. The topological polar surface area (TPSA) is 33.2 Å². The second-order valence-corrected chi connectivity index (χ2v) is 3.91. The molecule has 0 radical (unpaired) electrons. The second kappa shape index (κ2) is 3.67. The smallest absolute Gasteiger partial charge is 0.184 e. The summed E-state index contributed by atoms with van der Waals surface area (Å²) in [6, 6.07) is 0. The Morgan fingerprint density at radius 1 is 1.67 bits per heavy atom. The summed E-state index contributed by atoms with van der Waals surface area (Å²) in [6.45, 7) is 1.87. The van der Waals surface area contributed by atoms with Gasteiger partial charge in [-0.15, -0.1) is 11.3 Å². The molecule has 0 spiro atoms. The maximum Gasteiger partial charge on any atom is 0.184 e. The van der Waals surface area contributed by atoms with E-state index < -0.39 is 0 Å². The zero-order valence-corrected chi connectivity index (χ0v) is 8.26. The number of carbonyl (C=O) groups excluding carboxylic acids is 1. The molecule has 0 fully saturated rings. The van der Waals surface area contributed by atoms with E-state index in [1.807, 2.05) is 25.9 Å². The predicted octanol–water partition coefficient (Wildman–Crippen LogP) is 1.51. The Morgan fingerprint density at radius 3 is 2.75 bits per heavy atom. The Hall–Kier alpha value is -0.900. The van der Waals surface area contributed by atoms with Crippen LogP contribution in [0.1, 0.15) is 17.7 Å². The fourth-order valence-electron chi connectivity index (χ4n) is 0.761. The van der Waals surface area contributed by atoms with Crippen LogP contribution in [0.3, 0.4) is 0 Å². The lowest BCUT2D eigenvalue weighted by Gasteiger charge is -2.05. The second-order valence-electron chi connectivity index (χ2n) is 2.86. The van der Waals surface area contributed by atoms with E-state index in [4.69, 9.17) is 0 Å². The van der Waals surface area contributed by atoms with Gasteiger partial charge >= 0.3 is 0 Å². The molecule has 0 amide bonds. The minimum Gasteiger partial charge on any atom is -0.354 e. The zero-order valence-electron chi connectivity index (χ0n) is 7.44. The van der Waals surface area contributed by atoms with Gasteiger partial charge in [-0.3, -0.25) is 0 Å². The van der Waals surface area contributed by atoms with E-state index in [1.165, 1.54) is 0 Å². The average molecular weight is 184 g/mol. The number of carbonyl (C=O) groups is 1. The molecule has 1 aromatic rings. The van der Waals surface area contributed by atoms with Crippen LogP contribution in [0.15, 0.2) is 6.20 Å². The molecule has 1 rings (SSSR count). The van der Waals surface area contributed by atoms with Gasteiger partial charge in [-0.1, -0.05) is 6.92 Å². The van der Waals surface area contributed by atoms with Crippen LogP contribution in [0.5, 0.6) is 0 Å². The number of hydrogen-bond acceptors (Lipinski definition) is 4. The van der Waals surface area contributed by atoms with Crippen LogP contribution in [0.2, 0.25) is 0 Å². The quantitative estimate of drug-likeness (QED) is 0.668. The molecule has 1 atom stereocenters. The molecule has 0 saturated carbocycles. The molecule has 0 saturated heterocycles. The van der Waals surface area contributed by atoms with Crippen molar-refractivity contribution in [3.63, 3.8) is 0 Å².